The van der Waals surface area contributed by atoms with Gasteiger partial charge in [0.25, 0.3) is 11.8 Å². The van der Waals surface area contributed by atoms with E-state index in [1.807, 2.05) is 49.9 Å². The smallest absolute Gasteiger partial charge is 0.261 e. The van der Waals surface area contributed by atoms with Gasteiger partial charge in [-0.3, -0.25) is 24.1 Å². The minimum atomic E-state index is -0.558. The van der Waals surface area contributed by atoms with Crippen LogP contribution in [0.15, 0.2) is 60.9 Å². The molecule has 4 rings (SSSR count). The summed E-state index contributed by atoms with van der Waals surface area (Å²) in [6.07, 6.45) is 6.04. The monoisotopic (exact) mass is 473 g/mol. The molecule has 0 fully saturated rings. The number of amides is 3. The molecule has 0 unspecified atom stereocenters. The third-order valence-corrected chi connectivity index (χ3v) is 5.91. The van der Waals surface area contributed by atoms with Gasteiger partial charge in [0.05, 0.1) is 22.4 Å². The van der Waals surface area contributed by atoms with Gasteiger partial charge in [-0.05, 0) is 56.9 Å². The van der Waals surface area contributed by atoms with Crippen LogP contribution in [0.1, 0.15) is 60.4 Å². The number of hydroxylamine groups is 1. The van der Waals surface area contributed by atoms with Crippen LogP contribution in [0.5, 0.6) is 0 Å². The summed E-state index contributed by atoms with van der Waals surface area (Å²) in [7, 11) is 0. The molecule has 1 aliphatic heterocycles. The Morgan fingerprint density at radius 3 is 2.06 bits per heavy atom. The van der Waals surface area contributed by atoms with Crippen molar-refractivity contribution in [2.45, 2.75) is 52.7 Å². The summed E-state index contributed by atoms with van der Waals surface area (Å²) in [6, 6.07) is 15.1. The minimum Gasteiger partial charge on any atom is -0.351 e. The van der Waals surface area contributed by atoms with E-state index in [9.17, 15) is 14.4 Å². The number of anilines is 1. The van der Waals surface area contributed by atoms with Gasteiger partial charge < -0.3 is 4.57 Å². The first-order chi connectivity index (χ1) is 16.7. The summed E-state index contributed by atoms with van der Waals surface area (Å²) >= 11 is 0. The second-order valence-corrected chi connectivity index (χ2v) is 9.64. The van der Waals surface area contributed by atoms with Crippen LogP contribution in [0, 0.1) is 0 Å². The lowest BCUT2D eigenvalue weighted by atomic mass is 10.0. The number of imide groups is 1. The first-order valence-corrected chi connectivity index (χ1v) is 11.9. The Hall–Kier alpha value is -3.71. The quantitative estimate of drug-likeness (QED) is 0.246. The molecule has 0 radical (unpaired) electrons. The Bertz CT molecular complexity index is 1200. The zero-order valence-corrected chi connectivity index (χ0v) is 20.7. The maximum absolute atomic E-state index is 12.6. The first-order valence-electron chi connectivity index (χ1n) is 11.9. The highest BCUT2D eigenvalue weighted by molar-refractivity contribution is 6.21. The molecule has 0 saturated carbocycles. The largest absolute Gasteiger partial charge is 0.351 e. The predicted octanol–water partition coefficient (Wildman–Crippen LogP) is 5.10. The van der Waals surface area contributed by atoms with Gasteiger partial charge in [0.15, 0.2) is 0 Å². The van der Waals surface area contributed by atoms with E-state index in [0.29, 0.717) is 42.7 Å². The Morgan fingerprint density at radius 2 is 1.51 bits per heavy atom. The van der Waals surface area contributed by atoms with Crippen molar-refractivity contribution in [2.75, 3.05) is 11.6 Å². The predicted molar refractivity (Wildman–Crippen MR) is 135 cm³/mol. The van der Waals surface area contributed by atoms with Crippen molar-refractivity contribution in [1.29, 1.82) is 0 Å². The van der Waals surface area contributed by atoms with Crippen molar-refractivity contribution in [3.8, 4) is 11.1 Å². The number of aryl methyl sites for hydroxylation is 2. The van der Waals surface area contributed by atoms with Crippen molar-refractivity contribution in [2.24, 2.45) is 0 Å². The second kappa shape index (κ2) is 9.88. The molecule has 7 nitrogen and oxygen atoms in total. The molecule has 35 heavy (non-hydrogen) atoms. The molecule has 0 bridgehead atoms. The number of hydrogen-bond acceptors (Lipinski definition) is 4. The highest BCUT2D eigenvalue weighted by Gasteiger charge is 2.34. The van der Waals surface area contributed by atoms with Gasteiger partial charge >= 0.3 is 0 Å². The van der Waals surface area contributed by atoms with Crippen LogP contribution in [-0.4, -0.2) is 39.8 Å². The summed E-state index contributed by atoms with van der Waals surface area (Å²) in [5.74, 6) is -0.498. The molecule has 1 aliphatic rings. The zero-order chi connectivity index (χ0) is 25.2. The fourth-order valence-corrected chi connectivity index (χ4v) is 4.22. The number of aromatic nitrogens is 1. The van der Waals surface area contributed by atoms with Gasteiger partial charge in [-0.25, -0.2) is 0 Å². The van der Waals surface area contributed by atoms with Crippen LogP contribution in [0.3, 0.4) is 0 Å². The number of benzene rings is 2. The second-order valence-electron chi connectivity index (χ2n) is 9.64. The lowest BCUT2D eigenvalue weighted by Gasteiger charge is -2.26. The SMILES string of the molecule is CCc1ccc(-c2cn(CCCN3C(=O)c4ccccc4C3=O)cc2N(C=O)OC(C)(C)C)cc1. The van der Waals surface area contributed by atoms with E-state index >= 15 is 0 Å². The van der Waals surface area contributed by atoms with Gasteiger partial charge in [0.1, 0.15) is 0 Å². The van der Waals surface area contributed by atoms with E-state index in [0.717, 1.165) is 17.5 Å². The van der Waals surface area contributed by atoms with Gasteiger partial charge in [-0.2, -0.15) is 5.06 Å². The van der Waals surface area contributed by atoms with Gasteiger partial charge in [-0.1, -0.05) is 43.3 Å². The molecule has 1 aromatic heterocycles. The van der Waals surface area contributed by atoms with E-state index in [4.69, 9.17) is 4.84 Å². The van der Waals surface area contributed by atoms with Crippen molar-refractivity contribution >= 4 is 23.9 Å². The summed E-state index contributed by atoms with van der Waals surface area (Å²) in [5, 5.41) is 1.27. The number of hydrogen-bond donors (Lipinski definition) is 0. The molecule has 182 valence electrons. The molecule has 0 saturated heterocycles. The molecule has 2 aromatic carbocycles. The fraction of sp³-hybridized carbons (Fsp3) is 0.321. The lowest BCUT2D eigenvalue weighted by Crippen LogP contribution is -2.33. The lowest BCUT2D eigenvalue weighted by molar-refractivity contribution is -0.120. The maximum Gasteiger partial charge on any atom is 0.261 e. The van der Waals surface area contributed by atoms with Crippen LogP contribution >= 0.6 is 0 Å². The Morgan fingerprint density at radius 1 is 0.886 bits per heavy atom. The van der Waals surface area contributed by atoms with Crippen molar-refractivity contribution in [1.82, 2.24) is 9.47 Å². The molecule has 3 aromatic rings. The summed E-state index contributed by atoms with van der Waals surface area (Å²) < 4.78 is 1.97. The Kier molecular flexibility index (Phi) is 6.89. The van der Waals surface area contributed by atoms with E-state index in [1.54, 1.807) is 24.3 Å². The molecule has 0 atom stereocenters. The topological polar surface area (TPSA) is 71.9 Å². The maximum atomic E-state index is 12.6. The molecule has 0 aliphatic carbocycles. The van der Waals surface area contributed by atoms with Crippen molar-refractivity contribution in [3.05, 3.63) is 77.6 Å². The van der Waals surface area contributed by atoms with Gasteiger partial charge in [0.2, 0.25) is 6.41 Å². The average molecular weight is 474 g/mol. The highest BCUT2D eigenvalue weighted by Crippen LogP contribution is 2.33. The van der Waals surface area contributed by atoms with E-state index in [1.165, 1.54) is 15.5 Å². The minimum absolute atomic E-state index is 0.249. The molecule has 0 N–H and O–H groups in total. The van der Waals surface area contributed by atoms with Gasteiger partial charge in [0, 0.05) is 31.0 Å². The number of carbonyl (C=O) groups excluding carboxylic acids is 3. The standard InChI is InChI=1S/C28H31N3O4/c1-5-20-11-13-21(14-12-20)24-17-29(18-25(24)31(19-32)35-28(2,3)4)15-8-16-30-26(33)22-9-6-7-10-23(22)27(30)34/h6-7,9-14,17-19H,5,8,15-16H2,1-4H3. The van der Waals surface area contributed by atoms with Gasteiger partial charge in [-0.15, -0.1) is 0 Å². The number of rotatable bonds is 9. The van der Waals surface area contributed by atoms with E-state index in [-0.39, 0.29) is 11.8 Å². The molecular formula is C28H31N3O4. The number of fused-ring (bicyclic) bond motifs is 1. The summed E-state index contributed by atoms with van der Waals surface area (Å²) in [6.45, 7) is 8.65. The van der Waals surface area contributed by atoms with Crippen LogP contribution in [-0.2, 0) is 22.6 Å². The Labute approximate surface area is 205 Å². The van der Waals surface area contributed by atoms with E-state index < -0.39 is 5.60 Å². The fourth-order valence-electron chi connectivity index (χ4n) is 4.22. The highest BCUT2D eigenvalue weighted by atomic mass is 16.7. The summed E-state index contributed by atoms with van der Waals surface area (Å²) in [5.41, 5.74) is 4.07. The van der Waals surface area contributed by atoms with E-state index in [2.05, 4.69) is 19.1 Å². The third-order valence-electron chi connectivity index (χ3n) is 5.91. The average Bonchev–Trinajstić information content (AvgIpc) is 3.37. The molecule has 0 spiro atoms. The first kappa shape index (κ1) is 24.4. The number of nitrogens with zero attached hydrogens (tertiary/aromatic N) is 3. The Balaban J connectivity index is 1.55. The third kappa shape index (κ3) is 5.20. The van der Waals surface area contributed by atoms with Crippen LogP contribution < -0.4 is 5.06 Å². The van der Waals surface area contributed by atoms with Crippen LogP contribution in [0.25, 0.3) is 11.1 Å². The van der Waals surface area contributed by atoms with Crippen LogP contribution in [0.4, 0.5) is 5.69 Å². The van der Waals surface area contributed by atoms with Crippen molar-refractivity contribution in [3.63, 3.8) is 0 Å². The molecule has 3 amide bonds. The molecule has 2 heterocycles. The van der Waals surface area contributed by atoms with Crippen LogP contribution in [0.2, 0.25) is 0 Å². The normalized spacial score (nSPS) is 13.3. The van der Waals surface area contributed by atoms with Crippen molar-refractivity contribution < 1.29 is 19.2 Å². The molecular weight excluding hydrogens is 442 g/mol. The number of carbonyl (C=O) groups is 3. The zero-order valence-electron chi connectivity index (χ0n) is 20.7. The summed E-state index contributed by atoms with van der Waals surface area (Å²) in [4.78, 5) is 44.4. The molecule has 7 heteroatoms.